The van der Waals surface area contributed by atoms with Crippen LogP contribution in [-0.2, 0) is 0 Å². The summed E-state index contributed by atoms with van der Waals surface area (Å²) in [5.74, 6) is 2.41. The Morgan fingerprint density at radius 3 is 2.72 bits per heavy atom. The van der Waals surface area contributed by atoms with Crippen LogP contribution in [0.25, 0.3) is 0 Å². The molecule has 106 valence electrons. The number of rotatable bonds is 3. The Hall–Kier alpha value is 0.350. The van der Waals surface area contributed by atoms with Crippen LogP contribution in [0.15, 0.2) is 4.99 Å². The Morgan fingerprint density at radius 2 is 2.17 bits per heavy atom. The molecule has 1 saturated heterocycles. The lowest BCUT2D eigenvalue weighted by Gasteiger charge is -2.37. The van der Waals surface area contributed by atoms with E-state index in [1.807, 2.05) is 0 Å². The number of hydrogen-bond donors (Lipinski definition) is 1. The van der Waals surface area contributed by atoms with Crippen LogP contribution in [0.2, 0.25) is 0 Å². The third-order valence-corrected chi connectivity index (χ3v) is 5.01. The first kappa shape index (κ1) is 16.4. The van der Waals surface area contributed by atoms with Crippen LogP contribution in [-0.4, -0.2) is 47.5 Å². The first-order valence-electron chi connectivity index (χ1n) is 7.01. The minimum atomic E-state index is 0. The van der Waals surface area contributed by atoms with E-state index in [0.29, 0.717) is 6.04 Å². The van der Waals surface area contributed by atoms with E-state index in [2.05, 4.69) is 40.8 Å². The van der Waals surface area contributed by atoms with Gasteiger partial charge in [-0.05, 0) is 32.6 Å². The summed E-state index contributed by atoms with van der Waals surface area (Å²) in [6.45, 7) is 7.62. The fraction of sp³-hybridized carbons (Fsp3) is 0.923. The second kappa shape index (κ2) is 8.51. The van der Waals surface area contributed by atoms with Crippen molar-refractivity contribution in [2.75, 3.05) is 25.4 Å². The van der Waals surface area contributed by atoms with Gasteiger partial charge in [0.15, 0.2) is 5.96 Å². The molecule has 3 nitrogen and oxygen atoms in total. The van der Waals surface area contributed by atoms with Crippen LogP contribution >= 0.6 is 35.7 Å². The zero-order valence-electron chi connectivity index (χ0n) is 11.5. The first-order chi connectivity index (χ1) is 8.33. The third-order valence-electron chi connectivity index (χ3n) is 3.64. The molecule has 1 N–H and O–H groups in total. The summed E-state index contributed by atoms with van der Waals surface area (Å²) in [5.41, 5.74) is 0. The lowest BCUT2D eigenvalue weighted by molar-refractivity contribution is 0.345. The molecule has 1 heterocycles. The minimum absolute atomic E-state index is 0. The molecule has 1 aliphatic heterocycles. The van der Waals surface area contributed by atoms with Crippen molar-refractivity contribution in [1.29, 1.82) is 0 Å². The largest absolute Gasteiger partial charge is 0.354 e. The molecule has 1 unspecified atom stereocenters. The van der Waals surface area contributed by atoms with Gasteiger partial charge in [-0.1, -0.05) is 6.92 Å². The highest BCUT2D eigenvalue weighted by atomic mass is 127. The molecule has 18 heavy (non-hydrogen) atoms. The lowest BCUT2D eigenvalue weighted by Crippen LogP contribution is -2.52. The van der Waals surface area contributed by atoms with Crippen LogP contribution in [0.3, 0.4) is 0 Å². The number of aliphatic imine (C=N–C) groups is 1. The number of hydrogen-bond acceptors (Lipinski definition) is 2. The molecule has 0 aromatic rings. The summed E-state index contributed by atoms with van der Waals surface area (Å²) in [7, 11) is 0. The van der Waals surface area contributed by atoms with E-state index < -0.39 is 0 Å². The molecule has 0 bridgehead atoms. The van der Waals surface area contributed by atoms with Crippen LogP contribution < -0.4 is 5.32 Å². The van der Waals surface area contributed by atoms with Gasteiger partial charge in [-0.25, -0.2) is 0 Å². The van der Waals surface area contributed by atoms with Crippen molar-refractivity contribution >= 4 is 41.7 Å². The Kier molecular flexibility index (Phi) is 7.75. The number of guanidine groups is 1. The number of thioether (sulfide) groups is 1. The zero-order chi connectivity index (χ0) is 12.1. The van der Waals surface area contributed by atoms with Gasteiger partial charge in [0.1, 0.15) is 0 Å². The van der Waals surface area contributed by atoms with Gasteiger partial charge in [0.2, 0.25) is 0 Å². The summed E-state index contributed by atoms with van der Waals surface area (Å²) in [5, 5.41) is 4.42. The highest BCUT2D eigenvalue weighted by Gasteiger charge is 2.25. The monoisotopic (exact) mass is 383 g/mol. The van der Waals surface area contributed by atoms with Crippen molar-refractivity contribution in [3.8, 4) is 0 Å². The summed E-state index contributed by atoms with van der Waals surface area (Å²) in [4.78, 5) is 7.13. The summed E-state index contributed by atoms with van der Waals surface area (Å²) < 4.78 is 0. The molecule has 0 amide bonds. The maximum absolute atomic E-state index is 4.66. The smallest absolute Gasteiger partial charge is 0.194 e. The van der Waals surface area contributed by atoms with E-state index in [1.54, 1.807) is 0 Å². The Labute approximate surface area is 133 Å². The predicted octanol–water partition coefficient (Wildman–Crippen LogP) is 2.95. The maximum atomic E-state index is 4.66. The summed E-state index contributed by atoms with van der Waals surface area (Å²) >= 11 is 2.12. The van der Waals surface area contributed by atoms with E-state index >= 15 is 0 Å². The predicted molar refractivity (Wildman–Crippen MR) is 92.3 cm³/mol. The van der Waals surface area contributed by atoms with E-state index in [1.165, 1.54) is 38.0 Å². The van der Waals surface area contributed by atoms with Gasteiger partial charge in [-0.2, -0.15) is 11.8 Å². The molecular weight excluding hydrogens is 357 g/mol. The topological polar surface area (TPSA) is 27.6 Å². The number of halogens is 1. The van der Waals surface area contributed by atoms with Gasteiger partial charge in [0.25, 0.3) is 0 Å². The Bertz CT molecular complexity index is 269. The van der Waals surface area contributed by atoms with Crippen molar-refractivity contribution in [2.45, 2.75) is 50.8 Å². The first-order valence-corrected chi connectivity index (χ1v) is 8.05. The molecular formula is C13H26IN3S. The van der Waals surface area contributed by atoms with Crippen molar-refractivity contribution in [3.63, 3.8) is 0 Å². The Morgan fingerprint density at radius 1 is 1.39 bits per heavy atom. The lowest BCUT2D eigenvalue weighted by atomic mass is 9.93. The van der Waals surface area contributed by atoms with Gasteiger partial charge in [-0.15, -0.1) is 24.0 Å². The summed E-state index contributed by atoms with van der Waals surface area (Å²) in [6.07, 6.45) is 5.29. The second-order valence-corrected chi connectivity index (χ2v) is 6.33. The quantitative estimate of drug-likeness (QED) is 0.461. The molecule has 5 heteroatoms. The normalized spacial score (nSPS) is 25.3. The standard InChI is InChI=1S/C13H25N3S.HI/c1-3-12-10-16(8-9-17-12)13(14-4-2)15-11-6-5-7-11;/h11-12H,3-10H2,1-2H3,(H,14,15);1H. The average Bonchev–Trinajstić information content (AvgIpc) is 2.32. The molecule has 1 saturated carbocycles. The molecule has 2 aliphatic rings. The fourth-order valence-corrected chi connectivity index (χ4v) is 3.46. The van der Waals surface area contributed by atoms with Gasteiger partial charge in [0, 0.05) is 36.7 Å². The molecule has 0 spiro atoms. The molecule has 1 atom stereocenters. The van der Waals surface area contributed by atoms with E-state index in [4.69, 9.17) is 0 Å². The van der Waals surface area contributed by atoms with Crippen LogP contribution in [0.5, 0.6) is 0 Å². The number of nitrogens with zero attached hydrogens (tertiary/aromatic N) is 2. The Balaban J connectivity index is 0.00000162. The van der Waals surface area contributed by atoms with E-state index in [9.17, 15) is 0 Å². The third kappa shape index (κ3) is 4.47. The maximum Gasteiger partial charge on any atom is 0.194 e. The average molecular weight is 383 g/mol. The van der Waals surface area contributed by atoms with Crippen molar-refractivity contribution in [1.82, 2.24) is 10.2 Å². The molecule has 2 fully saturated rings. The van der Waals surface area contributed by atoms with Gasteiger partial charge in [-0.3, -0.25) is 4.99 Å². The molecule has 0 aromatic heterocycles. The van der Waals surface area contributed by atoms with Gasteiger partial charge >= 0.3 is 0 Å². The molecule has 2 rings (SSSR count). The molecule has 0 aromatic carbocycles. The highest BCUT2D eigenvalue weighted by Crippen LogP contribution is 2.22. The molecule has 0 radical (unpaired) electrons. The minimum Gasteiger partial charge on any atom is -0.354 e. The fourth-order valence-electron chi connectivity index (χ4n) is 2.28. The van der Waals surface area contributed by atoms with Crippen LogP contribution in [0, 0.1) is 0 Å². The summed E-state index contributed by atoms with van der Waals surface area (Å²) in [6, 6.07) is 0.690. The van der Waals surface area contributed by atoms with Gasteiger partial charge in [0.05, 0.1) is 0 Å². The zero-order valence-corrected chi connectivity index (χ0v) is 14.7. The highest BCUT2D eigenvalue weighted by molar-refractivity contribution is 14.0. The van der Waals surface area contributed by atoms with Crippen molar-refractivity contribution in [3.05, 3.63) is 0 Å². The van der Waals surface area contributed by atoms with E-state index in [0.717, 1.165) is 24.3 Å². The SMILES string of the molecule is CCN=C(NC1CCC1)N1CCSC(CC)C1.I. The molecule has 1 aliphatic carbocycles. The van der Waals surface area contributed by atoms with Gasteiger partial charge < -0.3 is 10.2 Å². The van der Waals surface area contributed by atoms with Crippen LogP contribution in [0.1, 0.15) is 39.5 Å². The number of nitrogens with one attached hydrogen (secondary N) is 1. The van der Waals surface area contributed by atoms with Crippen LogP contribution in [0.4, 0.5) is 0 Å². The van der Waals surface area contributed by atoms with Crippen molar-refractivity contribution < 1.29 is 0 Å². The van der Waals surface area contributed by atoms with Crippen molar-refractivity contribution in [2.24, 2.45) is 4.99 Å². The second-order valence-electron chi connectivity index (χ2n) is 4.92. The van der Waals surface area contributed by atoms with E-state index in [-0.39, 0.29) is 24.0 Å².